The van der Waals surface area contributed by atoms with Crippen LogP contribution in [0.4, 0.5) is 0 Å². The summed E-state index contributed by atoms with van der Waals surface area (Å²) in [6.45, 7) is 2.99. The van der Waals surface area contributed by atoms with Gasteiger partial charge in [-0.05, 0) is 25.0 Å². The third kappa shape index (κ3) is 4.19. The number of hydrogen-bond acceptors (Lipinski definition) is 6. The summed E-state index contributed by atoms with van der Waals surface area (Å²) in [7, 11) is -1.90. The molecule has 10 heteroatoms. The van der Waals surface area contributed by atoms with Crippen molar-refractivity contribution in [2.45, 2.75) is 23.8 Å². The molecule has 0 unspecified atom stereocenters. The van der Waals surface area contributed by atoms with Crippen LogP contribution in [0.25, 0.3) is 0 Å². The summed E-state index contributed by atoms with van der Waals surface area (Å²) >= 11 is 0. The second-order valence-electron chi connectivity index (χ2n) is 7.43. The summed E-state index contributed by atoms with van der Waals surface area (Å²) in [6, 6.07) is 5.41. The first-order chi connectivity index (χ1) is 13.9. The van der Waals surface area contributed by atoms with Gasteiger partial charge < -0.3 is 14.2 Å². The van der Waals surface area contributed by atoms with Gasteiger partial charge in [-0.15, -0.1) is 0 Å². The van der Waals surface area contributed by atoms with Gasteiger partial charge in [0.05, 0.1) is 19.5 Å². The third-order valence-corrected chi connectivity index (χ3v) is 7.13. The smallest absolute Gasteiger partial charge is 0.272 e. The highest BCUT2D eigenvalue weighted by Crippen LogP contribution is 2.29. The maximum Gasteiger partial charge on any atom is 0.272 e. The van der Waals surface area contributed by atoms with Gasteiger partial charge >= 0.3 is 0 Å². The molecule has 4 rings (SSSR count). The predicted octanol–water partition coefficient (Wildman–Crippen LogP) is 0.856. The monoisotopic (exact) mass is 419 g/mol. The Balaban J connectivity index is 1.52. The number of aromatic nitrogens is 3. The van der Waals surface area contributed by atoms with Gasteiger partial charge in [-0.3, -0.25) is 4.79 Å². The van der Waals surface area contributed by atoms with E-state index in [0.717, 1.165) is 18.5 Å². The van der Waals surface area contributed by atoms with Gasteiger partial charge in [0.25, 0.3) is 15.9 Å². The number of hydrogen-bond donors (Lipinski definition) is 0. The molecule has 0 aliphatic carbocycles. The van der Waals surface area contributed by atoms with Crippen molar-refractivity contribution in [1.29, 1.82) is 0 Å². The topological polar surface area (TPSA) is 97.6 Å². The van der Waals surface area contributed by atoms with E-state index in [9.17, 15) is 13.2 Å². The average Bonchev–Trinajstić information content (AvgIpc) is 3.21. The number of carbonyl (C=O) groups is 1. The van der Waals surface area contributed by atoms with Crippen LogP contribution in [0.15, 0.2) is 35.7 Å². The lowest BCUT2D eigenvalue weighted by molar-refractivity contribution is 0.0298. The zero-order chi connectivity index (χ0) is 20.4. The first-order valence-corrected chi connectivity index (χ1v) is 11.2. The van der Waals surface area contributed by atoms with E-state index in [4.69, 9.17) is 4.74 Å². The number of imidazole rings is 1. The molecular formula is C19H25N5O4S. The fourth-order valence-electron chi connectivity index (χ4n) is 3.78. The van der Waals surface area contributed by atoms with Gasteiger partial charge in [0.2, 0.25) is 0 Å². The largest absolute Gasteiger partial charge is 0.378 e. The number of aryl methyl sites for hydroxylation is 1. The van der Waals surface area contributed by atoms with E-state index < -0.39 is 10.0 Å². The molecule has 1 amide bonds. The minimum atomic E-state index is -3.64. The van der Waals surface area contributed by atoms with Crippen molar-refractivity contribution in [3.8, 4) is 0 Å². The fraction of sp³-hybridized carbons (Fsp3) is 0.526. The molecule has 2 aliphatic heterocycles. The van der Waals surface area contributed by atoms with Crippen LogP contribution in [0, 0.1) is 0 Å². The normalized spacial score (nSPS) is 21.3. The maximum atomic E-state index is 12.9. The van der Waals surface area contributed by atoms with E-state index >= 15 is 0 Å². The summed E-state index contributed by atoms with van der Waals surface area (Å²) in [5.74, 6) is -0.163. The molecule has 4 heterocycles. The van der Waals surface area contributed by atoms with Crippen molar-refractivity contribution in [1.82, 2.24) is 23.7 Å². The molecule has 0 saturated carbocycles. The van der Waals surface area contributed by atoms with E-state index in [1.807, 2.05) is 12.1 Å². The van der Waals surface area contributed by atoms with Crippen LogP contribution in [-0.4, -0.2) is 77.5 Å². The molecule has 0 N–H and O–H groups in total. The minimum absolute atomic E-state index is 0.0559. The number of rotatable bonds is 4. The van der Waals surface area contributed by atoms with E-state index in [1.165, 1.54) is 16.8 Å². The van der Waals surface area contributed by atoms with Gasteiger partial charge in [0.15, 0.2) is 5.03 Å². The lowest BCUT2D eigenvalue weighted by Crippen LogP contribution is -2.41. The number of nitrogens with zero attached hydrogens (tertiary/aromatic N) is 5. The second-order valence-corrected chi connectivity index (χ2v) is 9.32. The molecule has 0 aromatic carbocycles. The Morgan fingerprint density at radius 2 is 2.00 bits per heavy atom. The average molecular weight is 420 g/mol. The number of ether oxygens (including phenoxy) is 1. The van der Waals surface area contributed by atoms with Crippen molar-refractivity contribution in [3.63, 3.8) is 0 Å². The van der Waals surface area contributed by atoms with Gasteiger partial charge in [0.1, 0.15) is 5.69 Å². The van der Waals surface area contributed by atoms with Crippen LogP contribution in [0.1, 0.15) is 34.9 Å². The van der Waals surface area contributed by atoms with Gasteiger partial charge in [-0.2, -0.15) is 4.31 Å². The van der Waals surface area contributed by atoms with Crippen LogP contribution in [0.5, 0.6) is 0 Å². The van der Waals surface area contributed by atoms with Crippen LogP contribution in [0.3, 0.4) is 0 Å². The number of amides is 1. The molecule has 0 bridgehead atoms. The van der Waals surface area contributed by atoms with E-state index in [-0.39, 0.29) is 16.9 Å². The van der Waals surface area contributed by atoms with Crippen molar-refractivity contribution >= 4 is 15.9 Å². The number of morpholine rings is 1. The molecule has 0 radical (unpaired) electrons. The van der Waals surface area contributed by atoms with Gasteiger partial charge in [0, 0.05) is 51.0 Å². The summed E-state index contributed by atoms with van der Waals surface area (Å²) in [6.07, 6.45) is 4.56. The summed E-state index contributed by atoms with van der Waals surface area (Å²) in [5.41, 5.74) is 1.15. The Bertz CT molecular complexity index is 984. The molecular weight excluding hydrogens is 394 g/mol. The first kappa shape index (κ1) is 20.0. The molecule has 9 nitrogen and oxygen atoms in total. The number of piperidine rings is 1. The number of sulfonamides is 1. The van der Waals surface area contributed by atoms with Crippen molar-refractivity contribution in [2.24, 2.45) is 7.05 Å². The molecule has 1 atom stereocenters. The standard InChI is InChI=1S/C19H25N5O4S/c1-22-13-18(20-14-22)29(26,27)24-7-3-4-15(12-24)16-5-2-6-17(21-16)19(25)23-8-10-28-11-9-23/h2,5-6,13-15H,3-4,7-12H2,1H3/t15-/m0/s1. The number of carbonyl (C=O) groups excluding carboxylic acids is 1. The molecule has 156 valence electrons. The molecule has 2 saturated heterocycles. The highest BCUT2D eigenvalue weighted by molar-refractivity contribution is 7.89. The van der Waals surface area contributed by atoms with Crippen LogP contribution >= 0.6 is 0 Å². The van der Waals surface area contributed by atoms with E-state index in [1.54, 1.807) is 22.6 Å². The minimum Gasteiger partial charge on any atom is -0.378 e. The van der Waals surface area contributed by atoms with Crippen molar-refractivity contribution < 1.29 is 17.9 Å². The Morgan fingerprint density at radius 1 is 1.21 bits per heavy atom. The lowest BCUT2D eigenvalue weighted by Gasteiger charge is -2.31. The molecule has 2 fully saturated rings. The fourth-order valence-corrected chi connectivity index (χ4v) is 5.27. The highest BCUT2D eigenvalue weighted by atomic mass is 32.2. The maximum absolute atomic E-state index is 12.9. The van der Waals surface area contributed by atoms with Crippen molar-refractivity contribution in [2.75, 3.05) is 39.4 Å². The molecule has 29 heavy (non-hydrogen) atoms. The second kappa shape index (κ2) is 8.21. The lowest BCUT2D eigenvalue weighted by atomic mass is 9.95. The van der Waals surface area contributed by atoms with Crippen LogP contribution in [-0.2, 0) is 21.8 Å². The van der Waals surface area contributed by atoms with Gasteiger partial charge in [-0.25, -0.2) is 18.4 Å². The Hall–Kier alpha value is -2.30. The Kier molecular flexibility index (Phi) is 5.66. The first-order valence-electron chi connectivity index (χ1n) is 9.77. The zero-order valence-electron chi connectivity index (χ0n) is 16.4. The Morgan fingerprint density at radius 3 is 2.72 bits per heavy atom. The molecule has 0 spiro atoms. The zero-order valence-corrected chi connectivity index (χ0v) is 17.2. The summed E-state index contributed by atoms with van der Waals surface area (Å²) in [4.78, 5) is 23.1. The summed E-state index contributed by atoms with van der Waals surface area (Å²) in [5, 5.41) is 0.0601. The quantitative estimate of drug-likeness (QED) is 0.729. The van der Waals surface area contributed by atoms with E-state index in [2.05, 4.69) is 9.97 Å². The summed E-state index contributed by atoms with van der Waals surface area (Å²) < 4.78 is 34.2. The van der Waals surface area contributed by atoms with Gasteiger partial charge in [-0.1, -0.05) is 6.07 Å². The van der Waals surface area contributed by atoms with E-state index in [0.29, 0.717) is 45.1 Å². The Labute approximate surface area is 170 Å². The van der Waals surface area contributed by atoms with Crippen LogP contribution in [0.2, 0.25) is 0 Å². The van der Waals surface area contributed by atoms with Crippen LogP contribution < -0.4 is 0 Å². The van der Waals surface area contributed by atoms with Crippen molar-refractivity contribution in [3.05, 3.63) is 42.1 Å². The molecule has 2 aromatic rings. The SMILES string of the molecule is Cn1cnc(S(=O)(=O)N2CCC[C@H](c3cccc(C(=O)N4CCOCC4)n3)C2)c1. The highest BCUT2D eigenvalue weighted by Gasteiger charge is 2.33. The molecule has 2 aromatic heterocycles. The predicted molar refractivity (Wildman–Crippen MR) is 105 cm³/mol. The number of pyridine rings is 1. The molecule has 2 aliphatic rings. The third-order valence-electron chi connectivity index (χ3n) is 5.38.